The molecule has 0 aliphatic heterocycles. The molecule has 4 aliphatic carbocycles. The highest BCUT2D eigenvalue weighted by Gasteiger charge is 2.52. The lowest BCUT2D eigenvalue weighted by Crippen LogP contribution is -2.48. The van der Waals surface area contributed by atoms with E-state index in [1.54, 1.807) is 0 Å². The van der Waals surface area contributed by atoms with Crippen molar-refractivity contribution in [2.75, 3.05) is 6.54 Å². The number of nitrogens with zero attached hydrogens (tertiary/aromatic N) is 1. The van der Waals surface area contributed by atoms with E-state index in [1.165, 1.54) is 56.3 Å². The molecule has 0 aromatic carbocycles. The predicted octanol–water partition coefficient (Wildman–Crippen LogP) is 3.38. The lowest BCUT2D eigenvalue weighted by Gasteiger charge is -2.56. The van der Waals surface area contributed by atoms with Gasteiger partial charge in [0.05, 0.1) is 5.69 Å². The first kappa shape index (κ1) is 12.9. The normalized spacial score (nSPS) is 38.5. The Morgan fingerprint density at radius 3 is 2.45 bits per heavy atom. The first-order valence-electron chi connectivity index (χ1n) is 8.53. The van der Waals surface area contributed by atoms with Crippen molar-refractivity contribution < 1.29 is 0 Å². The van der Waals surface area contributed by atoms with E-state index in [4.69, 9.17) is 5.10 Å². The van der Waals surface area contributed by atoms with Crippen LogP contribution >= 0.6 is 0 Å². The maximum absolute atomic E-state index is 4.72. The molecule has 4 fully saturated rings. The molecule has 5 rings (SSSR count). The molecule has 20 heavy (non-hydrogen) atoms. The number of hydrogen-bond acceptors (Lipinski definition) is 2. The summed E-state index contributed by atoms with van der Waals surface area (Å²) in [6.07, 6.45) is 9.94. The van der Waals surface area contributed by atoms with Gasteiger partial charge in [-0.2, -0.15) is 5.10 Å². The minimum atomic E-state index is 0.439. The molecule has 0 radical (unpaired) electrons. The van der Waals surface area contributed by atoms with Gasteiger partial charge in [0.25, 0.3) is 0 Å². The van der Waals surface area contributed by atoms with E-state index in [-0.39, 0.29) is 0 Å². The van der Waals surface area contributed by atoms with Crippen LogP contribution in [0.1, 0.15) is 63.3 Å². The Hall–Kier alpha value is -0.830. The van der Waals surface area contributed by atoms with E-state index in [1.807, 2.05) is 0 Å². The fourth-order valence-corrected chi connectivity index (χ4v) is 5.55. The number of hydrogen-bond donors (Lipinski definition) is 2. The third-order valence-electron chi connectivity index (χ3n) is 5.95. The summed E-state index contributed by atoms with van der Waals surface area (Å²) in [7, 11) is 0. The summed E-state index contributed by atoms with van der Waals surface area (Å²) in [4.78, 5) is 0. The van der Waals surface area contributed by atoms with Gasteiger partial charge in [-0.3, -0.25) is 5.10 Å². The zero-order valence-electron chi connectivity index (χ0n) is 12.6. The standard InChI is InChI=1S/C17H27N3/c1-2-3-18-11-15-7-16(20-19-15)17-8-12-4-13(9-17)6-14(5-12)10-17/h7,12-14,18H,2-6,8-11H2,1H3,(H,19,20). The molecule has 4 saturated carbocycles. The molecule has 2 N–H and O–H groups in total. The van der Waals surface area contributed by atoms with Crippen LogP contribution in [-0.2, 0) is 12.0 Å². The highest BCUT2D eigenvalue weighted by Crippen LogP contribution is 2.60. The summed E-state index contributed by atoms with van der Waals surface area (Å²) >= 11 is 0. The van der Waals surface area contributed by atoms with Gasteiger partial charge < -0.3 is 5.32 Å². The average Bonchev–Trinajstić information content (AvgIpc) is 2.87. The molecule has 3 heteroatoms. The van der Waals surface area contributed by atoms with Crippen LogP contribution in [0.25, 0.3) is 0 Å². The van der Waals surface area contributed by atoms with Crippen LogP contribution in [0.15, 0.2) is 6.07 Å². The number of rotatable bonds is 5. The van der Waals surface area contributed by atoms with Gasteiger partial charge in [0, 0.05) is 17.7 Å². The maximum Gasteiger partial charge on any atom is 0.0687 e. The van der Waals surface area contributed by atoms with E-state index >= 15 is 0 Å². The monoisotopic (exact) mass is 273 g/mol. The Morgan fingerprint density at radius 1 is 1.20 bits per heavy atom. The van der Waals surface area contributed by atoms with Gasteiger partial charge >= 0.3 is 0 Å². The minimum absolute atomic E-state index is 0.439. The Kier molecular flexibility index (Phi) is 3.13. The molecular formula is C17H27N3. The lowest BCUT2D eigenvalue weighted by atomic mass is 9.49. The molecule has 4 aliphatic rings. The van der Waals surface area contributed by atoms with Crippen LogP contribution in [-0.4, -0.2) is 16.7 Å². The van der Waals surface area contributed by atoms with Gasteiger partial charge in [0.1, 0.15) is 0 Å². The molecule has 4 bridgehead atoms. The van der Waals surface area contributed by atoms with Gasteiger partial charge in [-0.25, -0.2) is 0 Å². The molecule has 110 valence electrons. The van der Waals surface area contributed by atoms with Gasteiger partial charge in [0.15, 0.2) is 0 Å². The van der Waals surface area contributed by atoms with Gasteiger partial charge in [-0.05, 0) is 75.3 Å². The fraction of sp³-hybridized carbons (Fsp3) is 0.824. The molecule has 1 heterocycles. The molecule has 0 unspecified atom stereocenters. The number of H-pyrrole nitrogens is 1. The molecule has 1 aromatic heterocycles. The first-order chi connectivity index (χ1) is 9.77. The van der Waals surface area contributed by atoms with Crippen LogP contribution in [0.2, 0.25) is 0 Å². The van der Waals surface area contributed by atoms with Crippen molar-refractivity contribution >= 4 is 0 Å². The highest BCUT2D eigenvalue weighted by atomic mass is 15.1. The van der Waals surface area contributed by atoms with Crippen LogP contribution < -0.4 is 5.32 Å². The molecule has 0 spiro atoms. The summed E-state index contributed by atoms with van der Waals surface area (Å²) in [5.41, 5.74) is 3.09. The van der Waals surface area contributed by atoms with Crippen LogP contribution in [0.3, 0.4) is 0 Å². The largest absolute Gasteiger partial charge is 0.311 e. The molecular weight excluding hydrogens is 246 g/mol. The van der Waals surface area contributed by atoms with Crippen LogP contribution in [0.4, 0.5) is 0 Å². The average molecular weight is 273 g/mol. The molecule has 3 nitrogen and oxygen atoms in total. The minimum Gasteiger partial charge on any atom is -0.311 e. The number of nitrogens with one attached hydrogen (secondary N) is 2. The van der Waals surface area contributed by atoms with E-state index in [0.717, 1.165) is 30.8 Å². The number of aromatic amines is 1. The maximum atomic E-state index is 4.72. The second kappa shape index (κ2) is 4.87. The Labute approximate surface area is 121 Å². The summed E-state index contributed by atoms with van der Waals surface area (Å²) in [5.74, 6) is 3.00. The predicted molar refractivity (Wildman–Crippen MR) is 80.4 cm³/mol. The summed E-state index contributed by atoms with van der Waals surface area (Å²) in [6.45, 7) is 4.24. The zero-order valence-corrected chi connectivity index (χ0v) is 12.6. The quantitative estimate of drug-likeness (QED) is 0.808. The van der Waals surface area contributed by atoms with E-state index in [9.17, 15) is 0 Å². The topological polar surface area (TPSA) is 40.7 Å². The van der Waals surface area contributed by atoms with Crippen molar-refractivity contribution in [2.45, 2.75) is 63.8 Å². The first-order valence-corrected chi connectivity index (χ1v) is 8.53. The van der Waals surface area contributed by atoms with Crippen molar-refractivity contribution in [3.63, 3.8) is 0 Å². The second-order valence-corrected chi connectivity index (χ2v) is 7.65. The van der Waals surface area contributed by atoms with Gasteiger partial charge in [-0.1, -0.05) is 6.92 Å². The SMILES string of the molecule is CCCNCc1cc(C23CC4CC(CC(C4)C2)C3)n[nH]1. The number of aromatic nitrogens is 2. The summed E-state index contributed by atoms with van der Waals surface area (Å²) < 4.78 is 0. The van der Waals surface area contributed by atoms with Crippen molar-refractivity contribution in [3.8, 4) is 0 Å². The third-order valence-corrected chi connectivity index (χ3v) is 5.95. The Morgan fingerprint density at radius 2 is 1.85 bits per heavy atom. The summed E-state index contributed by atoms with van der Waals surface area (Å²) in [6, 6.07) is 2.36. The van der Waals surface area contributed by atoms with Crippen molar-refractivity contribution in [1.29, 1.82) is 0 Å². The van der Waals surface area contributed by atoms with Crippen LogP contribution in [0, 0.1) is 17.8 Å². The van der Waals surface area contributed by atoms with Crippen molar-refractivity contribution in [1.82, 2.24) is 15.5 Å². The molecule has 0 saturated heterocycles. The smallest absolute Gasteiger partial charge is 0.0687 e. The van der Waals surface area contributed by atoms with E-state index < -0.39 is 0 Å². The Balaban J connectivity index is 1.52. The zero-order chi connectivity index (χ0) is 13.6. The van der Waals surface area contributed by atoms with E-state index in [0.29, 0.717) is 5.41 Å². The lowest BCUT2D eigenvalue weighted by molar-refractivity contribution is -0.00722. The van der Waals surface area contributed by atoms with Crippen LogP contribution in [0.5, 0.6) is 0 Å². The molecule has 1 aromatic rings. The van der Waals surface area contributed by atoms with Gasteiger partial charge in [0.2, 0.25) is 0 Å². The second-order valence-electron chi connectivity index (χ2n) is 7.65. The molecule has 0 atom stereocenters. The fourth-order valence-electron chi connectivity index (χ4n) is 5.55. The summed E-state index contributed by atoms with van der Waals surface area (Å²) in [5, 5.41) is 11.5. The van der Waals surface area contributed by atoms with Crippen molar-refractivity contribution in [3.05, 3.63) is 17.5 Å². The Bertz CT molecular complexity index is 441. The third kappa shape index (κ3) is 2.11. The van der Waals surface area contributed by atoms with E-state index in [2.05, 4.69) is 23.4 Å². The van der Waals surface area contributed by atoms with Gasteiger partial charge in [-0.15, -0.1) is 0 Å². The van der Waals surface area contributed by atoms with Crippen molar-refractivity contribution in [2.24, 2.45) is 17.8 Å². The molecule has 0 amide bonds. The highest BCUT2D eigenvalue weighted by molar-refractivity contribution is 5.24.